The van der Waals surface area contributed by atoms with E-state index in [-0.39, 0.29) is 0 Å². The van der Waals surface area contributed by atoms with E-state index in [9.17, 15) is 0 Å². The van der Waals surface area contributed by atoms with Crippen LogP contribution in [0.2, 0.25) is 5.02 Å². The number of fused-ring (bicyclic) bond motifs is 1. The molecule has 1 aliphatic carbocycles. The molecule has 1 atom stereocenters. The predicted molar refractivity (Wildman–Crippen MR) is 82.0 cm³/mol. The fourth-order valence-corrected chi connectivity index (χ4v) is 2.84. The molecule has 3 N–H and O–H groups in total. The molecule has 3 heteroatoms. The van der Waals surface area contributed by atoms with E-state index in [1.54, 1.807) is 0 Å². The summed E-state index contributed by atoms with van der Waals surface area (Å²) in [5, 5.41) is 4.10. The van der Waals surface area contributed by atoms with E-state index in [4.69, 9.17) is 17.3 Å². The second-order valence-corrected chi connectivity index (χ2v) is 5.58. The highest BCUT2D eigenvalue weighted by Crippen LogP contribution is 2.35. The van der Waals surface area contributed by atoms with Gasteiger partial charge in [0.2, 0.25) is 0 Å². The van der Waals surface area contributed by atoms with Crippen LogP contribution in [0.1, 0.15) is 22.6 Å². The molecule has 1 aliphatic rings. The zero-order valence-electron chi connectivity index (χ0n) is 10.9. The van der Waals surface area contributed by atoms with Gasteiger partial charge in [0.05, 0.1) is 10.7 Å². The van der Waals surface area contributed by atoms with Crippen molar-refractivity contribution in [3.8, 4) is 0 Å². The van der Waals surface area contributed by atoms with Gasteiger partial charge in [0.25, 0.3) is 0 Å². The lowest BCUT2D eigenvalue weighted by atomic mass is 9.77. The lowest BCUT2D eigenvalue weighted by Crippen LogP contribution is -2.24. The first-order valence-electron chi connectivity index (χ1n) is 6.52. The molecule has 2 aromatic rings. The molecule has 98 valence electrons. The van der Waals surface area contributed by atoms with Crippen LogP contribution in [0, 0.1) is 6.92 Å². The molecule has 0 spiro atoms. The van der Waals surface area contributed by atoms with E-state index in [1.165, 1.54) is 11.1 Å². The van der Waals surface area contributed by atoms with Gasteiger partial charge in [0.15, 0.2) is 0 Å². The molecular formula is C16H17ClN2. The van der Waals surface area contributed by atoms with E-state index < -0.39 is 0 Å². The van der Waals surface area contributed by atoms with Crippen LogP contribution in [-0.4, -0.2) is 6.54 Å². The molecule has 0 aromatic heterocycles. The van der Waals surface area contributed by atoms with Crippen molar-refractivity contribution in [2.75, 3.05) is 17.6 Å². The number of hydrogen-bond donors (Lipinski definition) is 2. The first-order chi connectivity index (χ1) is 9.15. The summed E-state index contributed by atoms with van der Waals surface area (Å²) in [5.41, 5.74) is 11.6. The van der Waals surface area contributed by atoms with Gasteiger partial charge in [-0.15, -0.1) is 0 Å². The van der Waals surface area contributed by atoms with Crippen molar-refractivity contribution in [2.24, 2.45) is 0 Å². The highest BCUT2D eigenvalue weighted by atomic mass is 35.5. The number of hydrogen-bond acceptors (Lipinski definition) is 2. The topological polar surface area (TPSA) is 38.0 Å². The Labute approximate surface area is 118 Å². The minimum Gasteiger partial charge on any atom is -0.398 e. The van der Waals surface area contributed by atoms with Gasteiger partial charge in [-0.3, -0.25) is 0 Å². The fraction of sp³-hybridized carbons (Fsp3) is 0.250. The summed E-state index contributed by atoms with van der Waals surface area (Å²) >= 11 is 6.07. The SMILES string of the molecule is Cc1cc(N)c(Cl)cc1NCC1Cc2ccccc21. The first-order valence-corrected chi connectivity index (χ1v) is 6.90. The Morgan fingerprint density at radius 3 is 2.89 bits per heavy atom. The summed E-state index contributed by atoms with van der Waals surface area (Å²) in [6.45, 7) is 2.99. The summed E-state index contributed by atoms with van der Waals surface area (Å²) in [7, 11) is 0. The number of anilines is 2. The third kappa shape index (κ3) is 2.28. The molecule has 3 rings (SSSR count). The van der Waals surface area contributed by atoms with Gasteiger partial charge in [-0.2, -0.15) is 0 Å². The normalized spacial score (nSPS) is 16.6. The lowest BCUT2D eigenvalue weighted by molar-refractivity contribution is 0.635. The van der Waals surface area contributed by atoms with Crippen LogP contribution >= 0.6 is 11.6 Å². The van der Waals surface area contributed by atoms with Crippen molar-refractivity contribution < 1.29 is 0 Å². The van der Waals surface area contributed by atoms with Crippen LogP contribution in [0.3, 0.4) is 0 Å². The molecule has 1 unspecified atom stereocenters. The number of rotatable bonds is 3. The van der Waals surface area contributed by atoms with Crippen molar-refractivity contribution in [1.29, 1.82) is 0 Å². The van der Waals surface area contributed by atoms with Gasteiger partial charge in [-0.1, -0.05) is 35.9 Å². The molecule has 0 heterocycles. The van der Waals surface area contributed by atoms with Gasteiger partial charge in [-0.25, -0.2) is 0 Å². The molecule has 19 heavy (non-hydrogen) atoms. The maximum Gasteiger partial charge on any atom is 0.0656 e. The Morgan fingerprint density at radius 1 is 1.32 bits per heavy atom. The Hall–Kier alpha value is -1.67. The molecule has 0 saturated heterocycles. The molecule has 2 nitrogen and oxygen atoms in total. The number of nitrogen functional groups attached to an aromatic ring is 1. The third-order valence-electron chi connectivity index (χ3n) is 3.84. The van der Waals surface area contributed by atoms with Crippen LogP contribution in [0.5, 0.6) is 0 Å². The van der Waals surface area contributed by atoms with Crippen LogP contribution in [-0.2, 0) is 6.42 Å². The maximum absolute atomic E-state index is 6.07. The zero-order chi connectivity index (χ0) is 13.4. The van der Waals surface area contributed by atoms with E-state index in [2.05, 4.69) is 29.6 Å². The molecule has 0 radical (unpaired) electrons. The summed E-state index contributed by atoms with van der Waals surface area (Å²) < 4.78 is 0. The summed E-state index contributed by atoms with van der Waals surface area (Å²) in [6, 6.07) is 12.5. The molecule has 0 bridgehead atoms. The van der Waals surface area contributed by atoms with E-state index in [0.29, 0.717) is 16.6 Å². The molecule has 0 fully saturated rings. The molecule has 0 amide bonds. The summed E-state index contributed by atoms with van der Waals surface area (Å²) in [6.07, 6.45) is 1.16. The number of halogens is 1. The number of benzene rings is 2. The van der Waals surface area contributed by atoms with Crippen molar-refractivity contribution in [1.82, 2.24) is 0 Å². The fourth-order valence-electron chi connectivity index (χ4n) is 2.67. The number of nitrogens with two attached hydrogens (primary N) is 1. The average Bonchev–Trinajstić information content (AvgIpc) is 2.36. The van der Waals surface area contributed by atoms with Gasteiger partial charge in [0.1, 0.15) is 0 Å². The van der Waals surface area contributed by atoms with Crippen LogP contribution < -0.4 is 11.1 Å². The minimum absolute atomic E-state index is 0.604. The monoisotopic (exact) mass is 272 g/mol. The standard InChI is InChI=1S/C16H17ClN2/c1-10-6-15(18)14(17)8-16(10)19-9-12-7-11-4-2-3-5-13(11)12/h2-6,8,12,19H,7,9,18H2,1H3. The Morgan fingerprint density at radius 2 is 2.11 bits per heavy atom. The molecule has 2 aromatic carbocycles. The van der Waals surface area contributed by atoms with Gasteiger partial charge < -0.3 is 11.1 Å². The predicted octanol–water partition coefficient (Wildman–Crippen LogP) is 3.98. The highest BCUT2D eigenvalue weighted by molar-refractivity contribution is 6.33. The third-order valence-corrected chi connectivity index (χ3v) is 4.17. The van der Waals surface area contributed by atoms with Crippen molar-refractivity contribution >= 4 is 23.0 Å². The van der Waals surface area contributed by atoms with Crippen LogP contribution in [0.25, 0.3) is 0 Å². The summed E-state index contributed by atoms with van der Waals surface area (Å²) in [4.78, 5) is 0. The van der Waals surface area contributed by atoms with Gasteiger partial charge in [-0.05, 0) is 42.2 Å². The van der Waals surface area contributed by atoms with Gasteiger partial charge >= 0.3 is 0 Å². The molecule has 0 aliphatic heterocycles. The van der Waals surface area contributed by atoms with Crippen LogP contribution in [0.15, 0.2) is 36.4 Å². The first kappa shape index (κ1) is 12.4. The minimum atomic E-state index is 0.604. The smallest absolute Gasteiger partial charge is 0.0656 e. The molecule has 0 saturated carbocycles. The van der Waals surface area contributed by atoms with Crippen LogP contribution in [0.4, 0.5) is 11.4 Å². The van der Waals surface area contributed by atoms with E-state index >= 15 is 0 Å². The number of nitrogens with one attached hydrogen (secondary N) is 1. The highest BCUT2D eigenvalue weighted by Gasteiger charge is 2.24. The molecular weight excluding hydrogens is 256 g/mol. The van der Waals surface area contributed by atoms with E-state index in [0.717, 1.165) is 24.2 Å². The quantitative estimate of drug-likeness (QED) is 0.830. The lowest BCUT2D eigenvalue weighted by Gasteiger charge is -2.30. The van der Waals surface area contributed by atoms with E-state index in [1.807, 2.05) is 19.1 Å². The van der Waals surface area contributed by atoms with Crippen molar-refractivity contribution in [2.45, 2.75) is 19.3 Å². The largest absolute Gasteiger partial charge is 0.398 e. The Balaban J connectivity index is 1.70. The second kappa shape index (κ2) is 4.78. The average molecular weight is 273 g/mol. The van der Waals surface area contributed by atoms with Crippen molar-refractivity contribution in [3.63, 3.8) is 0 Å². The maximum atomic E-state index is 6.07. The zero-order valence-corrected chi connectivity index (χ0v) is 11.7. The Kier molecular flexibility index (Phi) is 3.11. The van der Waals surface area contributed by atoms with Gasteiger partial charge in [0, 0.05) is 18.2 Å². The Bertz CT molecular complexity index is 622. The van der Waals surface area contributed by atoms with Crippen molar-refractivity contribution in [3.05, 3.63) is 58.1 Å². The number of aryl methyl sites for hydroxylation is 1. The summed E-state index contributed by atoms with van der Waals surface area (Å²) in [5.74, 6) is 0.604. The second-order valence-electron chi connectivity index (χ2n) is 5.17.